The zero-order valence-corrected chi connectivity index (χ0v) is 13.9. The van der Waals surface area contributed by atoms with Crippen LogP contribution in [0.2, 0.25) is 0 Å². The van der Waals surface area contributed by atoms with E-state index in [0.29, 0.717) is 5.92 Å². The van der Waals surface area contributed by atoms with Gasteiger partial charge in [0, 0.05) is 13.1 Å². The van der Waals surface area contributed by atoms with Crippen LogP contribution in [0.15, 0.2) is 10.3 Å². The average Bonchev–Trinajstić information content (AvgIpc) is 2.32. The van der Waals surface area contributed by atoms with Crippen molar-refractivity contribution in [1.82, 2.24) is 5.01 Å². The maximum absolute atomic E-state index is 4.36. The molecular formula is C16H35N3. The van der Waals surface area contributed by atoms with Gasteiger partial charge in [0.1, 0.15) is 0 Å². The lowest BCUT2D eigenvalue weighted by Gasteiger charge is -2.19. The molecule has 0 unspecified atom stereocenters. The van der Waals surface area contributed by atoms with Crippen LogP contribution in [0.1, 0.15) is 73.1 Å². The molecule has 0 saturated heterocycles. The van der Waals surface area contributed by atoms with Crippen molar-refractivity contribution in [3.8, 4) is 0 Å². The van der Waals surface area contributed by atoms with Crippen LogP contribution in [0.4, 0.5) is 0 Å². The molecule has 0 N–H and O–H groups in total. The Morgan fingerprint density at radius 2 is 1.58 bits per heavy atom. The first kappa shape index (κ1) is 18.4. The van der Waals surface area contributed by atoms with E-state index >= 15 is 0 Å². The highest BCUT2D eigenvalue weighted by Gasteiger charge is 2.04. The Morgan fingerprint density at radius 3 is 2.16 bits per heavy atom. The molecule has 114 valence electrons. The van der Waals surface area contributed by atoms with Gasteiger partial charge in [-0.15, -0.1) is 0 Å². The Morgan fingerprint density at radius 1 is 0.895 bits per heavy atom. The lowest BCUT2D eigenvalue weighted by molar-refractivity contribution is 0.230. The van der Waals surface area contributed by atoms with Gasteiger partial charge in [0.25, 0.3) is 0 Å². The highest BCUT2D eigenvalue weighted by atomic mass is 15.5. The van der Waals surface area contributed by atoms with Crippen LogP contribution in [-0.2, 0) is 0 Å². The van der Waals surface area contributed by atoms with Gasteiger partial charge in [0.2, 0.25) is 0 Å². The Kier molecular flexibility index (Phi) is 12.0. The molecule has 0 aliphatic carbocycles. The summed E-state index contributed by atoms with van der Waals surface area (Å²) in [7, 11) is 0. The van der Waals surface area contributed by atoms with E-state index in [-0.39, 0.29) is 0 Å². The van der Waals surface area contributed by atoms with Gasteiger partial charge in [-0.2, -0.15) is 5.11 Å². The lowest BCUT2D eigenvalue weighted by atomic mass is 10.0. The van der Waals surface area contributed by atoms with Crippen LogP contribution in [-0.4, -0.2) is 24.6 Å². The van der Waals surface area contributed by atoms with Crippen LogP contribution in [0, 0.1) is 11.8 Å². The van der Waals surface area contributed by atoms with E-state index in [1.165, 1.54) is 32.1 Å². The molecular weight excluding hydrogens is 234 g/mol. The van der Waals surface area contributed by atoms with E-state index in [2.05, 4.69) is 50.0 Å². The molecule has 0 spiro atoms. The number of nitrogens with zero attached hydrogens (tertiary/aromatic N) is 3. The lowest BCUT2D eigenvalue weighted by Crippen LogP contribution is -2.23. The topological polar surface area (TPSA) is 28.0 Å². The third-order valence-corrected chi connectivity index (χ3v) is 3.04. The van der Waals surface area contributed by atoms with Crippen molar-refractivity contribution in [1.29, 1.82) is 0 Å². The van der Waals surface area contributed by atoms with Crippen LogP contribution in [0.3, 0.4) is 0 Å². The van der Waals surface area contributed by atoms with Crippen molar-refractivity contribution in [2.45, 2.75) is 73.1 Å². The predicted molar refractivity (Wildman–Crippen MR) is 84.3 cm³/mol. The summed E-state index contributed by atoms with van der Waals surface area (Å²) < 4.78 is 0. The summed E-state index contributed by atoms with van der Waals surface area (Å²) in [5.41, 5.74) is 0. The van der Waals surface area contributed by atoms with Crippen molar-refractivity contribution < 1.29 is 0 Å². The molecule has 3 nitrogen and oxygen atoms in total. The molecule has 0 aliphatic heterocycles. The minimum atomic E-state index is 0.654. The van der Waals surface area contributed by atoms with E-state index in [1.807, 2.05) is 0 Å². The largest absolute Gasteiger partial charge is 0.279 e. The Labute approximate surface area is 120 Å². The molecule has 0 aromatic heterocycles. The normalized spacial score (nSPS) is 11.9. The first-order valence-electron chi connectivity index (χ1n) is 8.18. The second-order valence-electron chi connectivity index (χ2n) is 6.36. The molecule has 0 atom stereocenters. The minimum Gasteiger partial charge on any atom is -0.279 e. The zero-order chi connectivity index (χ0) is 14.5. The van der Waals surface area contributed by atoms with Crippen molar-refractivity contribution >= 4 is 0 Å². The molecule has 3 heteroatoms. The van der Waals surface area contributed by atoms with Gasteiger partial charge >= 0.3 is 0 Å². The van der Waals surface area contributed by atoms with Crippen molar-refractivity contribution in [3.63, 3.8) is 0 Å². The molecule has 19 heavy (non-hydrogen) atoms. The summed E-state index contributed by atoms with van der Waals surface area (Å²) in [6.45, 7) is 14.2. The van der Waals surface area contributed by atoms with Crippen LogP contribution in [0.25, 0.3) is 0 Å². The fourth-order valence-corrected chi connectivity index (χ4v) is 2.03. The third kappa shape index (κ3) is 13.6. The number of rotatable bonds is 12. The maximum Gasteiger partial charge on any atom is 0.0617 e. The van der Waals surface area contributed by atoms with Gasteiger partial charge in [0.15, 0.2) is 0 Å². The third-order valence-electron chi connectivity index (χ3n) is 3.04. The first-order valence-corrected chi connectivity index (χ1v) is 8.18. The highest BCUT2D eigenvalue weighted by molar-refractivity contribution is 4.56. The number of hydrogen-bond donors (Lipinski definition) is 0. The molecule has 0 rings (SSSR count). The van der Waals surface area contributed by atoms with Crippen LogP contribution >= 0.6 is 0 Å². The van der Waals surface area contributed by atoms with E-state index in [4.69, 9.17) is 0 Å². The molecule has 0 radical (unpaired) electrons. The molecule has 0 bridgehead atoms. The maximum atomic E-state index is 4.36. The van der Waals surface area contributed by atoms with Gasteiger partial charge < -0.3 is 0 Å². The SMILES string of the molecule is CCC/N=N\N(CCCCCCC(C)C)CC(C)C. The molecule has 0 aliphatic rings. The monoisotopic (exact) mass is 269 g/mol. The molecule has 0 saturated carbocycles. The summed E-state index contributed by atoms with van der Waals surface area (Å²) in [5.74, 6) is 1.50. The molecule has 0 amide bonds. The number of hydrogen-bond acceptors (Lipinski definition) is 2. The summed E-state index contributed by atoms with van der Waals surface area (Å²) in [5, 5.41) is 10.7. The van der Waals surface area contributed by atoms with Crippen molar-refractivity contribution in [2.24, 2.45) is 22.2 Å². The second kappa shape index (κ2) is 12.4. The van der Waals surface area contributed by atoms with Crippen LogP contribution in [0.5, 0.6) is 0 Å². The fraction of sp³-hybridized carbons (Fsp3) is 1.00. The fourth-order valence-electron chi connectivity index (χ4n) is 2.03. The molecule has 0 fully saturated rings. The summed E-state index contributed by atoms with van der Waals surface area (Å²) in [4.78, 5) is 0. The van der Waals surface area contributed by atoms with Gasteiger partial charge in [-0.1, -0.05) is 65.5 Å². The van der Waals surface area contributed by atoms with Gasteiger partial charge in [-0.05, 0) is 24.7 Å². The summed E-state index contributed by atoms with van der Waals surface area (Å²) >= 11 is 0. The highest BCUT2D eigenvalue weighted by Crippen LogP contribution is 2.10. The zero-order valence-electron chi connectivity index (χ0n) is 13.9. The van der Waals surface area contributed by atoms with Gasteiger partial charge in [-0.25, -0.2) is 0 Å². The average molecular weight is 269 g/mol. The van der Waals surface area contributed by atoms with E-state index in [9.17, 15) is 0 Å². The standard InChI is InChI=1S/C16H35N3/c1-6-12-17-18-19(14-16(4)5)13-10-8-7-9-11-15(2)3/h15-16H,6-14H2,1-5H3/b18-17-. The smallest absolute Gasteiger partial charge is 0.0617 e. The van der Waals surface area contributed by atoms with Crippen LogP contribution < -0.4 is 0 Å². The first-order chi connectivity index (χ1) is 9.06. The quantitative estimate of drug-likeness (QED) is 0.267. The molecule has 0 heterocycles. The Hall–Kier alpha value is -0.600. The summed E-state index contributed by atoms with van der Waals surface area (Å²) in [6, 6.07) is 0. The molecule has 0 aromatic carbocycles. The molecule has 0 aromatic rings. The Bertz CT molecular complexity index is 212. The van der Waals surface area contributed by atoms with E-state index in [1.54, 1.807) is 0 Å². The Balaban J connectivity index is 3.73. The van der Waals surface area contributed by atoms with E-state index < -0.39 is 0 Å². The van der Waals surface area contributed by atoms with Gasteiger partial charge in [0.05, 0.1) is 6.54 Å². The number of unbranched alkanes of at least 4 members (excludes halogenated alkanes) is 3. The summed E-state index contributed by atoms with van der Waals surface area (Å²) in [6.07, 6.45) is 7.75. The van der Waals surface area contributed by atoms with Gasteiger partial charge in [-0.3, -0.25) is 5.01 Å². The minimum absolute atomic E-state index is 0.654. The van der Waals surface area contributed by atoms with Crippen molar-refractivity contribution in [3.05, 3.63) is 0 Å². The van der Waals surface area contributed by atoms with E-state index in [0.717, 1.165) is 32.0 Å². The predicted octanol–water partition coefficient (Wildman–Crippen LogP) is 5.33. The van der Waals surface area contributed by atoms with Crippen molar-refractivity contribution in [2.75, 3.05) is 19.6 Å². The second-order valence-corrected chi connectivity index (χ2v) is 6.36.